The summed E-state index contributed by atoms with van der Waals surface area (Å²) in [6.45, 7) is -1.72. The van der Waals surface area contributed by atoms with Crippen molar-refractivity contribution in [1.82, 2.24) is 5.32 Å². The molecule has 0 radical (unpaired) electrons. The van der Waals surface area contributed by atoms with Gasteiger partial charge in [-0.1, -0.05) is 6.07 Å². The molecule has 0 aliphatic carbocycles. The van der Waals surface area contributed by atoms with Gasteiger partial charge in [0.05, 0.1) is 10.6 Å². The zero-order valence-corrected chi connectivity index (χ0v) is 17.3. The van der Waals surface area contributed by atoms with E-state index in [0.717, 1.165) is 55.6 Å². The van der Waals surface area contributed by atoms with Gasteiger partial charge in [-0.2, -0.15) is 17.6 Å². The molecule has 0 unspecified atom stereocenters. The number of anilines is 2. The molecule has 0 bridgehead atoms. The van der Waals surface area contributed by atoms with Gasteiger partial charge in [0.1, 0.15) is 0 Å². The van der Waals surface area contributed by atoms with Crippen LogP contribution in [0.1, 0.15) is 5.56 Å². The maximum atomic E-state index is 12.9. The highest BCUT2D eigenvalue weighted by Gasteiger charge is 2.21. The van der Waals surface area contributed by atoms with Crippen molar-refractivity contribution in [3.8, 4) is 11.5 Å². The first-order chi connectivity index (χ1) is 14.7. The van der Waals surface area contributed by atoms with E-state index in [2.05, 4.69) is 24.4 Å². The lowest BCUT2D eigenvalue weighted by molar-refractivity contribution is -0.0691. The van der Waals surface area contributed by atoms with Crippen molar-refractivity contribution >= 4 is 21.4 Å². The number of alkyl halides is 4. The molecule has 1 heterocycles. The molecule has 7 nitrogen and oxygen atoms in total. The van der Waals surface area contributed by atoms with Crippen molar-refractivity contribution in [3.05, 3.63) is 42.0 Å². The number of aryl methyl sites for hydroxylation is 1. The maximum Gasteiger partial charge on any atom is 0.387 e. The number of benzene rings is 2. The Balaban J connectivity index is 1.87. The lowest BCUT2D eigenvalue weighted by Gasteiger charge is -2.31. The predicted molar refractivity (Wildman–Crippen MR) is 107 cm³/mol. The van der Waals surface area contributed by atoms with E-state index in [9.17, 15) is 26.0 Å². The minimum atomic E-state index is -4.10. The highest BCUT2D eigenvalue weighted by molar-refractivity contribution is 7.92. The van der Waals surface area contributed by atoms with Gasteiger partial charge in [-0.3, -0.25) is 4.72 Å². The molecule has 0 aromatic heterocycles. The molecule has 2 N–H and O–H groups in total. The third kappa shape index (κ3) is 5.91. The average Bonchev–Trinajstić information content (AvgIpc) is 2.70. The van der Waals surface area contributed by atoms with Crippen LogP contribution in [0.3, 0.4) is 0 Å². The van der Waals surface area contributed by atoms with Crippen LogP contribution >= 0.6 is 0 Å². The molecule has 1 saturated heterocycles. The quantitative estimate of drug-likeness (QED) is 0.585. The lowest BCUT2D eigenvalue weighted by atomic mass is 10.1. The monoisotopic (exact) mass is 463 g/mol. The number of rotatable bonds is 8. The van der Waals surface area contributed by atoms with E-state index >= 15 is 0 Å². The Kier molecular flexibility index (Phi) is 7.11. The Morgan fingerprint density at radius 1 is 0.968 bits per heavy atom. The van der Waals surface area contributed by atoms with Crippen LogP contribution in [0.4, 0.5) is 28.9 Å². The average molecular weight is 463 g/mol. The largest absolute Gasteiger partial charge is 0.431 e. The molecular weight excluding hydrogens is 442 g/mol. The number of nitrogens with one attached hydrogen (secondary N) is 2. The Hall–Kier alpha value is -2.73. The summed E-state index contributed by atoms with van der Waals surface area (Å²) >= 11 is 0. The van der Waals surface area contributed by atoms with Gasteiger partial charge in [0.15, 0.2) is 11.5 Å². The smallest absolute Gasteiger partial charge is 0.387 e. The fourth-order valence-electron chi connectivity index (χ4n) is 3.17. The van der Waals surface area contributed by atoms with E-state index in [1.54, 1.807) is 6.07 Å². The standard InChI is InChI=1S/C19H21F4N3O4S/c1-12-2-4-14(11-15(12)26-8-6-24-7-9-26)31(27,28)25-13-3-5-16(29-18(20)21)17(10-13)30-19(22)23/h2-5,10-11,18-19,24-25H,6-9H2,1H3. The van der Waals surface area contributed by atoms with E-state index in [1.165, 1.54) is 12.1 Å². The highest BCUT2D eigenvalue weighted by atomic mass is 32.2. The Labute approximate surface area is 177 Å². The van der Waals surface area contributed by atoms with E-state index in [0.29, 0.717) is 0 Å². The number of piperazine rings is 1. The van der Waals surface area contributed by atoms with E-state index in [4.69, 9.17) is 0 Å². The van der Waals surface area contributed by atoms with Crippen LogP contribution in [0, 0.1) is 6.92 Å². The SMILES string of the molecule is Cc1ccc(S(=O)(=O)Nc2ccc(OC(F)F)c(OC(F)F)c2)cc1N1CCNCC1. The number of hydrogen-bond donors (Lipinski definition) is 2. The number of sulfonamides is 1. The zero-order chi connectivity index (χ0) is 22.6. The first-order valence-corrected chi connectivity index (χ1v) is 10.8. The van der Waals surface area contributed by atoms with Crippen molar-refractivity contribution in [3.63, 3.8) is 0 Å². The van der Waals surface area contributed by atoms with Gasteiger partial charge in [0.25, 0.3) is 10.0 Å². The van der Waals surface area contributed by atoms with Gasteiger partial charge in [-0.15, -0.1) is 0 Å². The van der Waals surface area contributed by atoms with Gasteiger partial charge < -0.3 is 19.7 Å². The normalized spacial score (nSPS) is 14.7. The summed E-state index contributed by atoms with van der Waals surface area (Å²) in [5, 5.41) is 3.22. The molecule has 3 rings (SSSR count). The molecule has 2 aromatic rings. The second-order valence-electron chi connectivity index (χ2n) is 6.71. The molecule has 0 atom stereocenters. The van der Waals surface area contributed by atoms with Gasteiger partial charge in [-0.25, -0.2) is 8.42 Å². The predicted octanol–water partition coefficient (Wildman–Crippen LogP) is 3.41. The van der Waals surface area contributed by atoms with E-state index in [1.807, 2.05) is 6.92 Å². The van der Waals surface area contributed by atoms with Crippen molar-refractivity contribution in [1.29, 1.82) is 0 Å². The van der Waals surface area contributed by atoms with Gasteiger partial charge in [-0.05, 0) is 36.8 Å². The summed E-state index contributed by atoms with van der Waals surface area (Å²) in [6.07, 6.45) is 0. The van der Waals surface area contributed by atoms with E-state index < -0.39 is 34.7 Å². The minimum absolute atomic E-state index is 0.0316. The minimum Gasteiger partial charge on any atom is -0.431 e. The summed E-state index contributed by atoms with van der Waals surface area (Å²) in [7, 11) is -4.10. The molecule has 31 heavy (non-hydrogen) atoms. The topological polar surface area (TPSA) is 79.9 Å². The Morgan fingerprint density at radius 3 is 2.26 bits per heavy atom. The molecule has 1 fully saturated rings. The molecule has 0 amide bonds. The molecule has 2 aromatic carbocycles. The van der Waals surface area contributed by atoms with Crippen LogP contribution in [0.15, 0.2) is 41.3 Å². The summed E-state index contributed by atoms with van der Waals surface area (Å²) in [4.78, 5) is 2.03. The second-order valence-corrected chi connectivity index (χ2v) is 8.39. The fraction of sp³-hybridized carbons (Fsp3) is 0.368. The number of nitrogens with zero attached hydrogens (tertiary/aromatic N) is 1. The van der Waals surface area contributed by atoms with Crippen molar-refractivity contribution < 1.29 is 35.5 Å². The van der Waals surface area contributed by atoms with Gasteiger partial charge in [0.2, 0.25) is 0 Å². The van der Waals surface area contributed by atoms with Crippen molar-refractivity contribution in [2.24, 2.45) is 0 Å². The maximum absolute atomic E-state index is 12.9. The Morgan fingerprint density at radius 2 is 1.61 bits per heavy atom. The van der Waals surface area contributed by atoms with Crippen LogP contribution in [-0.4, -0.2) is 47.8 Å². The van der Waals surface area contributed by atoms with Crippen LogP contribution in [0.25, 0.3) is 0 Å². The first kappa shape index (κ1) is 22.9. The fourth-order valence-corrected chi connectivity index (χ4v) is 4.24. The van der Waals surface area contributed by atoms with Gasteiger partial charge >= 0.3 is 13.2 Å². The molecule has 0 spiro atoms. The van der Waals surface area contributed by atoms with Crippen molar-refractivity contribution in [2.45, 2.75) is 25.0 Å². The summed E-state index contributed by atoms with van der Waals surface area (Å²) in [5.41, 5.74) is 1.52. The Bertz CT molecular complexity index is 1020. The number of ether oxygens (including phenoxy) is 2. The summed E-state index contributed by atoms with van der Waals surface area (Å²) in [6, 6.07) is 7.52. The van der Waals surface area contributed by atoms with Crippen LogP contribution in [0.2, 0.25) is 0 Å². The number of hydrogen-bond acceptors (Lipinski definition) is 6. The summed E-state index contributed by atoms with van der Waals surface area (Å²) < 4.78 is 86.5. The van der Waals surface area contributed by atoms with Crippen molar-refractivity contribution in [2.75, 3.05) is 35.8 Å². The van der Waals surface area contributed by atoms with Crippen LogP contribution in [-0.2, 0) is 10.0 Å². The first-order valence-electron chi connectivity index (χ1n) is 9.28. The zero-order valence-electron chi connectivity index (χ0n) is 16.4. The molecule has 0 saturated carbocycles. The van der Waals surface area contributed by atoms with Gasteiger partial charge in [0, 0.05) is 37.9 Å². The molecule has 1 aliphatic rings. The van der Waals surface area contributed by atoms with E-state index in [-0.39, 0.29) is 10.6 Å². The molecule has 1 aliphatic heterocycles. The summed E-state index contributed by atoms with van der Waals surface area (Å²) in [5.74, 6) is -1.37. The van der Waals surface area contributed by atoms with Crippen LogP contribution in [0.5, 0.6) is 11.5 Å². The van der Waals surface area contributed by atoms with Crippen LogP contribution < -0.4 is 24.4 Å². The number of halogens is 4. The molecule has 12 heteroatoms. The second kappa shape index (κ2) is 9.60. The third-order valence-electron chi connectivity index (χ3n) is 4.58. The highest BCUT2D eigenvalue weighted by Crippen LogP contribution is 2.34. The lowest BCUT2D eigenvalue weighted by Crippen LogP contribution is -2.43. The molecular formula is C19H21F4N3O4S. The third-order valence-corrected chi connectivity index (χ3v) is 5.96. The molecule has 170 valence electrons.